The molecule has 1 atom stereocenters. The fourth-order valence-corrected chi connectivity index (χ4v) is 3.52. The molecule has 1 unspecified atom stereocenters. The minimum Gasteiger partial charge on any atom is -0.467 e. The van der Waals surface area contributed by atoms with Crippen molar-refractivity contribution in [1.29, 1.82) is 0 Å². The number of rotatable bonds is 6. The summed E-state index contributed by atoms with van der Waals surface area (Å²) in [5, 5.41) is 4.24. The zero-order chi connectivity index (χ0) is 20.9. The Kier molecular flexibility index (Phi) is 5.75. The average molecular weight is 401 g/mol. The lowest BCUT2D eigenvalue weighted by Crippen LogP contribution is -2.30. The van der Waals surface area contributed by atoms with Crippen LogP contribution in [0.4, 0.5) is 0 Å². The lowest BCUT2D eigenvalue weighted by atomic mass is 10.0. The van der Waals surface area contributed by atoms with E-state index in [2.05, 4.69) is 22.7 Å². The molecule has 2 aromatic carbocycles. The van der Waals surface area contributed by atoms with Crippen LogP contribution in [0.2, 0.25) is 0 Å². The monoisotopic (exact) mass is 401 g/mol. The molecular formula is C24H23N3O3. The van der Waals surface area contributed by atoms with Gasteiger partial charge in [-0.15, -0.1) is 0 Å². The summed E-state index contributed by atoms with van der Waals surface area (Å²) in [7, 11) is 0. The zero-order valence-electron chi connectivity index (χ0n) is 16.7. The van der Waals surface area contributed by atoms with Crippen LogP contribution in [0.1, 0.15) is 24.7 Å². The van der Waals surface area contributed by atoms with Crippen LogP contribution in [-0.2, 0) is 16.1 Å². The summed E-state index contributed by atoms with van der Waals surface area (Å²) in [6.07, 6.45) is 1.76. The van der Waals surface area contributed by atoms with Crippen LogP contribution in [0.15, 0.2) is 82.5 Å². The number of likely N-dealkylation sites (tertiary alicyclic amines) is 1. The maximum atomic E-state index is 12.5. The van der Waals surface area contributed by atoms with E-state index in [4.69, 9.17) is 4.42 Å². The molecule has 3 aromatic rings. The molecule has 1 aromatic heterocycles. The van der Waals surface area contributed by atoms with Crippen LogP contribution >= 0.6 is 0 Å². The lowest BCUT2D eigenvalue weighted by Gasteiger charge is -2.14. The number of hydrogen-bond donors (Lipinski definition) is 1. The largest absolute Gasteiger partial charge is 0.467 e. The summed E-state index contributed by atoms with van der Waals surface area (Å²) in [5.41, 5.74) is 6.52. The Morgan fingerprint density at radius 1 is 1.07 bits per heavy atom. The van der Waals surface area contributed by atoms with Crippen molar-refractivity contribution < 1.29 is 14.0 Å². The Hall–Kier alpha value is -3.67. The van der Waals surface area contributed by atoms with Gasteiger partial charge in [0.15, 0.2) is 0 Å². The van der Waals surface area contributed by atoms with Crippen molar-refractivity contribution in [2.45, 2.75) is 19.9 Å². The lowest BCUT2D eigenvalue weighted by molar-refractivity contribution is -0.129. The molecule has 2 heterocycles. The van der Waals surface area contributed by atoms with E-state index in [9.17, 15) is 9.59 Å². The molecule has 1 fully saturated rings. The smallest absolute Gasteiger partial charge is 0.245 e. The predicted octanol–water partition coefficient (Wildman–Crippen LogP) is 3.84. The van der Waals surface area contributed by atoms with Gasteiger partial charge in [-0.05, 0) is 35.7 Å². The van der Waals surface area contributed by atoms with Crippen molar-refractivity contribution in [3.8, 4) is 11.1 Å². The molecule has 0 saturated carbocycles. The molecular weight excluding hydrogens is 378 g/mol. The Balaban J connectivity index is 1.35. The summed E-state index contributed by atoms with van der Waals surface area (Å²) >= 11 is 0. The second kappa shape index (κ2) is 8.78. The number of nitrogens with zero attached hydrogens (tertiary/aromatic N) is 2. The van der Waals surface area contributed by atoms with Crippen molar-refractivity contribution in [2.75, 3.05) is 6.54 Å². The zero-order valence-corrected chi connectivity index (χ0v) is 16.7. The molecule has 1 aliphatic rings. The minimum absolute atomic E-state index is 0.0521. The number of carbonyl (C=O) groups is 2. The molecule has 0 spiro atoms. The van der Waals surface area contributed by atoms with Crippen LogP contribution in [0.3, 0.4) is 0 Å². The van der Waals surface area contributed by atoms with Gasteiger partial charge in [0, 0.05) is 13.0 Å². The number of amides is 2. The van der Waals surface area contributed by atoms with E-state index in [1.165, 1.54) is 0 Å². The highest BCUT2D eigenvalue weighted by Crippen LogP contribution is 2.21. The number of hydrogen-bond acceptors (Lipinski definition) is 4. The van der Waals surface area contributed by atoms with Crippen LogP contribution in [0.5, 0.6) is 0 Å². The first kappa shape index (κ1) is 19.6. The van der Waals surface area contributed by atoms with Crippen molar-refractivity contribution >= 4 is 17.5 Å². The molecule has 6 heteroatoms. The van der Waals surface area contributed by atoms with Gasteiger partial charge in [-0.1, -0.05) is 54.6 Å². The van der Waals surface area contributed by atoms with Gasteiger partial charge in [0.05, 0.1) is 24.4 Å². The maximum absolute atomic E-state index is 12.5. The fourth-order valence-electron chi connectivity index (χ4n) is 3.52. The number of nitrogens with one attached hydrogen (secondary N) is 1. The van der Waals surface area contributed by atoms with Crippen LogP contribution in [0.25, 0.3) is 11.1 Å². The normalized spacial score (nSPS) is 16.7. The first-order valence-electron chi connectivity index (χ1n) is 9.90. The Morgan fingerprint density at radius 3 is 2.50 bits per heavy atom. The molecule has 0 bridgehead atoms. The summed E-state index contributed by atoms with van der Waals surface area (Å²) in [4.78, 5) is 26.3. The van der Waals surface area contributed by atoms with Gasteiger partial charge in [-0.2, -0.15) is 5.10 Å². The van der Waals surface area contributed by atoms with E-state index in [-0.39, 0.29) is 18.2 Å². The van der Waals surface area contributed by atoms with E-state index >= 15 is 0 Å². The molecule has 4 rings (SSSR count). The standard InChI is InChI=1S/C24H23N3O3/c1-17(18-9-11-20(12-10-18)19-6-3-2-4-7-19)25-26-24(29)21-14-23(28)27(15-21)16-22-8-5-13-30-22/h2-13,21H,14-16H2,1H3,(H,26,29)/b25-17+. The van der Waals surface area contributed by atoms with Gasteiger partial charge < -0.3 is 9.32 Å². The van der Waals surface area contributed by atoms with E-state index in [0.29, 0.717) is 24.6 Å². The molecule has 2 amide bonds. The van der Waals surface area contributed by atoms with Crippen molar-refractivity contribution in [2.24, 2.45) is 11.0 Å². The highest BCUT2D eigenvalue weighted by Gasteiger charge is 2.34. The Morgan fingerprint density at radius 2 is 1.80 bits per heavy atom. The highest BCUT2D eigenvalue weighted by molar-refractivity contribution is 6.00. The molecule has 6 nitrogen and oxygen atoms in total. The number of hydrazone groups is 1. The molecule has 0 aliphatic carbocycles. The van der Waals surface area contributed by atoms with Crippen molar-refractivity contribution in [1.82, 2.24) is 10.3 Å². The first-order valence-corrected chi connectivity index (χ1v) is 9.90. The van der Waals surface area contributed by atoms with Crippen LogP contribution < -0.4 is 5.43 Å². The quantitative estimate of drug-likeness (QED) is 0.504. The highest BCUT2D eigenvalue weighted by atomic mass is 16.3. The predicted molar refractivity (Wildman–Crippen MR) is 114 cm³/mol. The van der Waals surface area contributed by atoms with E-state index in [1.807, 2.05) is 55.5 Å². The molecule has 1 aliphatic heterocycles. The Labute approximate surface area is 175 Å². The molecule has 1 saturated heterocycles. The summed E-state index contributed by atoms with van der Waals surface area (Å²) < 4.78 is 5.29. The van der Waals surface area contributed by atoms with E-state index in [0.717, 1.165) is 16.7 Å². The minimum atomic E-state index is -0.413. The van der Waals surface area contributed by atoms with E-state index < -0.39 is 5.92 Å². The van der Waals surface area contributed by atoms with Gasteiger partial charge in [-0.3, -0.25) is 9.59 Å². The molecule has 30 heavy (non-hydrogen) atoms. The van der Waals surface area contributed by atoms with E-state index in [1.54, 1.807) is 17.2 Å². The van der Waals surface area contributed by atoms with Crippen molar-refractivity contribution in [3.63, 3.8) is 0 Å². The average Bonchev–Trinajstić information content (AvgIpc) is 3.43. The molecule has 152 valence electrons. The summed E-state index contributed by atoms with van der Waals surface area (Å²) in [6, 6.07) is 21.8. The number of carbonyl (C=O) groups excluding carboxylic acids is 2. The Bertz CT molecular complexity index is 1040. The molecule has 0 radical (unpaired) electrons. The maximum Gasteiger partial charge on any atom is 0.245 e. The second-order valence-corrected chi connectivity index (χ2v) is 7.37. The fraction of sp³-hybridized carbons (Fsp3) is 0.208. The molecule has 1 N–H and O–H groups in total. The van der Waals surface area contributed by atoms with Gasteiger partial charge in [0.2, 0.25) is 11.8 Å². The second-order valence-electron chi connectivity index (χ2n) is 7.37. The third kappa shape index (κ3) is 4.49. The number of furan rings is 1. The van der Waals surface area contributed by atoms with Gasteiger partial charge >= 0.3 is 0 Å². The summed E-state index contributed by atoms with van der Waals surface area (Å²) in [6.45, 7) is 2.60. The van der Waals surface area contributed by atoms with Gasteiger partial charge in [0.1, 0.15) is 5.76 Å². The third-order valence-corrected chi connectivity index (χ3v) is 5.26. The third-order valence-electron chi connectivity index (χ3n) is 5.26. The summed E-state index contributed by atoms with van der Waals surface area (Å²) in [5.74, 6) is -0.00371. The topological polar surface area (TPSA) is 74.9 Å². The number of benzene rings is 2. The van der Waals surface area contributed by atoms with Gasteiger partial charge in [-0.25, -0.2) is 5.43 Å². The van der Waals surface area contributed by atoms with Crippen molar-refractivity contribution in [3.05, 3.63) is 84.3 Å². The van der Waals surface area contributed by atoms with Crippen LogP contribution in [-0.4, -0.2) is 29.0 Å². The van der Waals surface area contributed by atoms with Crippen LogP contribution in [0, 0.1) is 5.92 Å². The first-order chi connectivity index (χ1) is 14.6. The SMILES string of the molecule is C/C(=N\NC(=O)C1CC(=O)N(Cc2ccco2)C1)c1ccc(-c2ccccc2)cc1. The van der Waals surface area contributed by atoms with Gasteiger partial charge in [0.25, 0.3) is 0 Å².